The fraction of sp³-hybridized carbons (Fsp3) is 0.778. The molecule has 0 saturated carbocycles. The lowest BCUT2D eigenvalue weighted by Gasteiger charge is -2.32. The Hall–Kier alpha value is 0.931. The van der Waals surface area contributed by atoms with Crippen molar-refractivity contribution >= 4 is 45.5 Å². The van der Waals surface area contributed by atoms with E-state index in [4.69, 9.17) is 26.3 Å². The van der Waals surface area contributed by atoms with Crippen LogP contribution in [0.25, 0.3) is 0 Å². The van der Waals surface area contributed by atoms with Crippen molar-refractivity contribution in [1.29, 1.82) is 0 Å². The van der Waals surface area contributed by atoms with Crippen LogP contribution in [0.15, 0.2) is 12.3 Å². The minimum atomic E-state index is -1.96. The van der Waals surface area contributed by atoms with E-state index in [-0.39, 0.29) is 0 Å². The molecule has 0 aliphatic heterocycles. The quantitative estimate of drug-likeness (QED) is 0.511. The third-order valence-electron chi connectivity index (χ3n) is 2.20. The fourth-order valence-corrected chi connectivity index (χ4v) is 13.6. The summed E-state index contributed by atoms with van der Waals surface area (Å²) in [4.78, 5) is 0. The van der Waals surface area contributed by atoms with Gasteiger partial charge in [-0.15, -0.1) is 28.7 Å². The zero-order valence-electron chi connectivity index (χ0n) is 10.4. The van der Waals surface area contributed by atoms with Gasteiger partial charge in [-0.1, -0.05) is 5.70 Å². The van der Waals surface area contributed by atoms with Gasteiger partial charge < -0.3 is 4.12 Å². The first-order valence-corrected chi connectivity index (χ1v) is 16.0. The molecule has 0 heterocycles. The maximum absolute atomic E-state index is 6.23. The molecule has 0 aromatic carbocycles. The van der Waals surface area contributed by atoms with Gasteiger partial charge in [-0.3, -0.25) is 0 Å². The normalized spacial score (nSPS) is 14.1. The summed E-state index contributed by atoms with van der Waals surface area (Å²) >= 11 is 12.2. The third-order valence-corrected chi connectivity index (χ3v) is 11.7. The highest BCUT2D eigenvalue weighted by molar-refractivity contribution is 7.45. The topological polar surface area (TPSA) is 9.23 Å². The lowest BCUT2D eigenvalue weighted by molar-refractivity contribution is 0.556. The Balaban J connectivity index is 4.25. The highest BCUT2D eigenvalue weighted by Gasteiger charge is 2.33. The van der Waals surface area contributed by atoms with Crippen molar-refractivity contribution in [2.75, 3.05) is 0 Å². The molecule has 0 aliphatic carbocycles. The maximum atomic E-state index is 6.23. The molecule has 0 saturated heterocycles. The van der Waals surface area contributed by atoms with Crippen LogP contribution >= 0.6 is 22.2 Å². The molecule has 0 amide bonds. The van der Waals surface area contributed by atoms with Crippen LogP contribution in [0, 0.1) is 0 Å². The molecule has 0 rings (SSSR count). The molecule has 15 heavy (non-hydrogen) atoms. The van der Waals surface area contributed by atoms with Crippen LogP contribution in [0.2, 0.25) is 44.8 Å². The molecule has 0 radical (unpaired) electrons. The molecule has 0 aromatic rings. The van der Waals surface area contributed by atoms with Crippen molar-refractivity contribution in [2.24, 2.45) is 0 Å². The van der Waals surface area contributed by atoms with Gasteiger partial charge >= 0.3 is 0 Å². The Morgan fingerprint density at radius 3 is 1.87 bits per heavy atom. The second kappa shape index (κ2) is 5.51. The number of halogens is 2. The van der Waals surface area contributed by atoms with Gasteiger partial charge in [-0.25, -0.2) is 0 Å². The Morgan fingerprint density at radius 2 is 1.53 bits per heavy atom. The summed E-state index contributed by atoms with van der Waals surface area (Å²) in [5.41, 5.74) is 1.99. The highest BCUT2D eigenvalue weighted by Crippen LogP contribution is 2.28. The second-order valence-electron chi connectivity index (χ2n) is 5.24. The summed E-state index contributed by atoms with van der Waals surface area (Å²) in [6.45, 7) is 12.7. The molecule has 0 N–H and O–H groups in total. The van der Waals surface area contributed by atoms with Crippen molar-refractivity contribution in [2.45, 2.75) is 44.8 Å². The molecule has 0 aromatic heterocycles. The van der Waals surface area contributed by atoms with E-state index in [1.54, 1.807) is 0 Å². The number of hydrogen-bond acceptors (Lipinski definition) is 1. The smallest absolute Gasteiger partial charge is 0.248 e. The third kappa shape index (κ3) is 8.71. The first kappa shape index (κ1) is 15.9. The highest BCUT2D eigenvalue weighted by atomic mass is 35.7. The van der Waals surface area contributed by atoms with Gasteiger partial charge in [0, 0.05) is 0 Å². The van der Waals surface area contributed by atoms with Crippen molar-refractivity contribution in [3.8, 4) is 0 Å². The zero-order valence-corrected chi connectivity index (χ0v) is 14.9. The van der Waals surface area contributed by atoms with Gasteiger partial charge in [0.15, 0.2) is 16.6 Å². The van der Waals surface area contributed by atoms with E-state index in [1.807, 2.05) is 12.2 Å². The minimum Gasteiger partial charge on any atom is -0.453 e. The van der Waals surface area contributed by atoms with Crippen molar-refractivity contribution < 1.29 is 4.12 Å². The molecular weight excluding hydrogens is 279 g/mol. The molecule has 0 unspecified atom stereocenters. The van der Waals surface area contributed by atoms with E-state index in [2.05, 4.69) is 32.8 Å². The summed E-state index contributed by atoms with van der Waals surface area (Å²) in [6, 6.07) is 1.98. The molecule has 0 spiro atoms. The standard InChI is InChI=1S/C9H22Cl2OSi3/c1-7-13(2,3)12-14(4,5)8-9-15(6,10)11/h7H,1,8-9H2,2-6H3. The van der Waals surface area contributed by atoms with Gasteiger partial charge in [0.25, 0.3) is 0 Å². The van der Waals surface area contributed by atoms with E-state index in [1.165, 1.54) is 0 Å². The monoisotopic (exact) mass is 300 g/mol. The van der Waals surface area contributed by atoms with Gasteiger partial charge in [-0.2, -0.15) is 0 Å². The van der Waals surface area contributed by atoms with Crippen LogP contribution in [0.3, 0.4) is 0 Å². The lowest BCUT2D eigenvalue weighted by atomic mass is 10.9. The van der Waals surface area contributed by atoms with Crippen LogP contribution in [0.1, 0.15) is 0 Å². The molecule has 6 heteroatoms. The molecule has 90 valence electrons. The largest absolute Gasteiger partial charge is 0.453 e. The van der Waals surface area contributed by atoms with E-state index in [0.717, 1.165) is 12.1 Å². The van der Waals surface area contributed by atoms with Crippen molar-refractivity contribution in [3.05, 3.63) is 12.3 Å². The Kier molecular flexibility index (Phi) is 5.85. The first-order valence-electron chi connectivity index (χ1n) is 5.19. The van der Waals surface area contributed by atoms with Gasteiger partial charge in [0.05, 0.1) is 0 Å². The van der Waals surface area contributed by atoms with Crippen LogP contribution < -0.4 is 0 Å². The molecule has 0 atom stereocenters. The number of rotatable bonds is 6. The van der Waals surface area contributed by atoms with Crippen LogP contribution in [0.4, 0.5) is 0 Å². The lowest BCUT2D eigenvalue weighted by Crippen LogP contribution is -2.43. The van der Waals surface area contributed by atoms with E-state index >= 15 is 0 Å². The van der Waals surface area contributed by atoms with Gasteiger partial charge in [-0.05, 0) is 44.8 Å². The maximum Gasteiger partial charge on any atom is 0.248 e. The van der Waals surface area contributed by atoms with Crippen LogP contribution in [-0.4, -0.2) is 23.3 Å². The molecular formula is C9H22Cl2OSi3. The molecule has 0 aliphatic rings. The molecule has 0 bridgehead atoms. The predicted octanol–water partition coefficient (Wildman–Crippen LogP) is 4.69. The molecule has 1 nitrogen and oxygen atoms in total. The Labute approximate surface area is 106 Å². The summed E-state index contributed by atoms with van der Waals surface area (Å²) in [5, 5.41) is 0. The fourth-order valence-electron chi connectivity index (χ4n) is 1.33. The Morgan fingerprint density at radius 1 is 1.07 bits per heavy atom. The average molecular weight is 301 g/mol. The molecule has 0 fully saturated rings. The predicted molar refractivity (Wildman–Crippen MR) is 79.2 cm³/mol. The second-order valence-corrected chi connectivity index (χ2v) is 21.9. The summed E-state index contributed by atoms with van der Waals surface area (Å²) in [7, 11) is -3.27. The van der Waals surface area contributed by atoms with E-state index < -0.39 is 23.3 Å². The van der Waals surface area contributed by atoms with E-state index in [0.29, 0.717) is 0 Å². The van der Waals surface area contributed by atoms with Crippen LogP contribution in [0.5, 0.6) is 0 Å². The van der Waals surface area contributed by atoms with Crippen LogP contribution in [-0.2, 0) is 4.12 Å². The number of hydrogen-bond donors (Lipinski definition) is 0. The van der Waals surface area contributed by atoms with Crippen molar-refractivity contribution in [1.82, 2.24) is 0 Å². The Bertz CT molecular complexity index is 224. The minimum absolute atomic E-state index is 0.928. The zero-order chi connectivity index (χ0) is 12.3. The van der Waals surface area contributed by atoms with Gasteiger partial charge in [0.2, 0.25) is 6.69 Å². The van der Waals surface area contributed by atoms with Crippen molar-refractivity contribution in [3.63, 3.8) is 0 Å². The SMILES string of the molecule is C=C[Si](C)(C)O[Si](C)(C)CC[Si](C)(Cl)Cl. The van der Waals surface area contributed by atoms with E-state index in [9.17, 15) is 0 Å². The van der Waals surface area contributed by atoms with Gasteiger partial charge in [0.1, 0.15) is 0 Å². The average Bonchev–Trinajstić information content (AvgIpc) is 1.98. The summed E-state index contributed by atoms with van der Waals surface area (Å²) in [5.74, 6) is 0. The summed E-state index contributed by atoms with van der Waals surface area (Å²) in [6.07, 6.45) is 0. The first-order chi connectivity index (χ1) is 6.47. The summed E-state index contributed by atoms with van der Waals surface area (Å²) < 4.78 is 6.23.